The first-order chi connectivity index (χ1) is 19.0. The number of anilines is 1. The van der Waals surface area contributed by atoms with Crippen LogP contribution in [0.25, 0.3) is 22.3 Å². The second-order valence-corrected chi connectivity index (χ2v) is 10.0. The zero-order valence-corrected chi connectivity index (χ0v) is 21.8. The summed E-state index contributed by atoms with van der Waals surface area (Å²) in [5, 5.41) is 4.43. The molecule has 2 aliphatic rings. The molecule has 40 heavy (non-hydrogen) atoms. The van der Waals surface area contributed by atoms with Gasteiger partial charge in [0.15, 0.2) is 5.52 Å². The molecule has 0 radical (unpaired) electrons. The van der Waals surface area contributed by atoms with Crippen molar-refractivity contribution < 1.29 is 27.0 Å². The number of morpholine rings is 1. The fraction of sp³-hybridized carbons (Fsp3) is 0.423. The molecular formula is C26H25F4N7O3. The van der Waals surface area contributed by atoms with E-state index in [1.54, 1.807) is 11.1 Å². The average molecular weight is 560 g/mol. The van der Waals surface area contributed by atoms with Crippen LogP contribution >= 0.6 is 0 Å². The third kappa shape index (κ3) is 4.65. The Morgan fingerprint density at radius 3 is 2.55 bits per heavy atom. The van der Waals surface area contributed by atoms with Crippen LogP contribution in [0.5, 0.6) is 5.75 Å². The van der Waals surface area contributed by atoms with Gasteiger partial charge in [-0.05, 0) is 31.9 Å². The van der Waals surface area contributed by atoms with Crippen molar-refractivity contribution in [3.8, 4) is 17.0 Å². The molecule has 3 aromatic heterocycles. The lowest BCUT2D eigenvalue weighted by atomic mass is 10.1. The lowest BCUT2D eigenvalue weighted by Crippen LogP contribution is -2.44. The highest BCUT2D eigenvalue weighted by molar-refractivity contribution is 5.90. The fourth-order valence-corrected chi connectivity index (χ4v) is 4.89. The molecule has 10 nitrogen and oxygen atoms in total. The third-order valence-electron chi connectivity index (χ3n) is 7.06. The Morgan fingerprint density at radius 2 is 1.88 bits per heavy atom. The van der Waals surface area contributed by atoms with Crippen LogP contribution in [-0.4, -0.2) is 55.6 Å². The molecule has 1 saturated heterocycles. The standard InChI is InChI=1S/C26H25F4N7O3/c1-13-10-36(12-19(40-13)14-9-31-37(11-14)15-4-5-15)25-33-20(17-7-6-16(39-3)8-18(17)27)21-22(34-25)23(38)35(2)24(32-21)26(28,29)30/h6-9,11,13,15,19H,4-5,10,12H2,1-3H3/t13-,19-/m0/s1. The zero-order chi connectivity index (χ0) is 28.3. The Bertz CT molecular complexity index is 1660. The molecule has 1 aliphatic carbocycles. The molecule has 2 atom stereocenters. The van der Waals surface area contributed by atoms with Crippen molar-refractivity contribution in [2.24, 2.45) is 7.05 Å². The highest BCUT2D eigenvalue weighted by Gasteiger charge is 2.38. The normalized spacial score (nSPS) is 19.8. The van der Waals surface area contributed by atoms with Gasteiger partial charge in [0.2, 0.25) is 11.8 Å². The van der Waals surface area contributed by atoms with E-state index in [2.05, 4.69) is 20.1 Å². The Morgan fingerprint density at radius 1 is 1.10 bits per heavy atom. The summed E-state index contributed by atoms with van der Waals surface area (Å²) in [6.45, 7) is 2.48. The number of hydrogen-bond acceptors (Lipinski definition) is 8. The summed E-state index contributed by atoms with van der Waals surface area (Å²) in [4.78, 5) is 27.5. The Kier molecular flexibility index (Phi) is 6.24. The number of ether oxygens (including phenoxy) is 2. The molecule has 0 bridgehead atoms. The maximum absolute atomic E-state index is 15.2. The predicted octanol–water partition coefficient (Wildman–Crippen LogP) is 4.05. The Balaban J connectivity index is 1.50. The smallest absolute Gasteiger partial charge is 0.449 e. The molecular weight excluding hydrogens is 534 g/mol. The molecule has 0 amide bonds. The van der Waals surface area contributed by atoms with E-state index in [-0.39, 0.29) is 41.1 Å². The van der Waals surface area contributed by atoms with Gasteiger partial charge >= 0.3 is 6.18 Å². The van der Waals surface area contributed by atoms with Crippen LogP contribution in [0, 0.1) is 5.82 Å². The lowest BCUT2D eigenvalue weighted by molar-refractivity contribution is -0.147. The molecule has 4 heterocycles. The van der Waals surface area contributed by atoms with Crippen molar-refractivity contribution in [1.82, 2.24) is 29.3 Å². The van der Waals surface area contributed by atoms with Gasteiger partial charge in [-0.1, -0.05) is 0 Å². The van der Waals surface area contributed by atoms with Crippen molar-refractivity contribution in [3.63, 3.8) is 0 Å². The SMILES string of the molecule is COc1ccc(-c2nc(N3C[C@@H](c4cnn(C5CC5)c4)O[C@@H](C)C3)nc3c(=O)n(C)c(C(F)(F)F)nc23)c(F)c1. The van der Waals surface area contributed by atoms with E-state index in [1.807, 2.05) is 17.8 Å². The van der Waals surface area contributed by atoms with Crippen LogP contribution in [0.2, 0.25) is 0 Å². The summed E-state index contributed by atoms with van der Waals surface area (Å²) in [5.41, 5.74) is -1.36. The van der Waals surface area contributed by atoms with E-state index in [9.17, 15) is 18.0 Å². The first-order valence-electron chi connectivity index (χ1n) is 12.7. The fourth-order valence-electron chi connectivity index (χ4n) is 4.89. The number of nitrogens with zero attached hydrogens (tertiary/aromatic N) is 7. The topological polar surface area (TPSA) is 100 Å². The van der Waals surface area contributed by atoms with Gasteiger partial charge in [0.1, 0.15) is 28.9 Å². The molecule has 4 aromatic rings. The summed E-state index contributed by atoms with van der Waals surface area (Å²) in [7, 11) is 2.33. The van der Waals surface area contributed by atoms with Gasteiger partial charge in [-0.2, -0.15) is 18.3 Å². The third-order valence-corrected chi connectivity index (χ3v) is 7.06. The molecule has 2 fully saturated rings. The van der Waals surface area contributed by atoms with Crippen molar-refractivity contribution in [3.05, 3.63) is 58.2 Å². The molecule has 0 spiro atoms. The largest absolute Gasteiger partial charge is 0.497 e. The van der Waals surface area contributed by atoms with Crippen LogP contribution in [0.3, 0.4) is 0 Å². The number of aromatic nitrogens is 6. The molecule has 14 heteroatoms. The molecule has 1 aliphatic heterocycles. The van der Waals surface area contributed by atoms with Gasteiger partial charge in [0.25, 0.3) is 5.56 Å². The minimum Gasteiger partial charge on any atom is -0.497 e. The Hall–Kier alpha value is -4.07. The van der Waals surface area contributed by atoms with Crippen LogP contribution in [0.4, 0.5) is 23.5 Å². The summed E-state index contributed by atoms with van der Waals surface area (Å²) in [5.74, 6) is -1.99. The second kappa shape index (κ2) is 9.54. The summed E-state index contributed by atoms with van der Waals surface area (Å²) < 4.78 is 70.0. The van der Waals surface area contributed by atoms with E-state index >= 15 is 4.39 Å². The number of benzene rings is 1. The van der Waals surface area contributed by atoms with Crippen LogP contribution in [0.15, 0.2) is 35.4 Å². The maximum Gasteiger partial charge on any atom is 0.449 e. The molecule has 0 N–H and O–H groups in total. The summed E-state index contributed by atoms with van der Waals surface area (Å²) in [6.07, 6.45) is 0.220. The van der Waals surface area contributed by atoms with E-state index in [0.29, 0.717) is 17.2 Å². The van der Waals surface area contributed by atoms with Gasteiger partial charge < -0.3 is 14.4 Å². The summed E-state index contributed by atoms with van der Waals surface area (Å²) in [6, 6.07) is 4.24. The van der Waals surface area contributed by atoms with Gasteiger partial charge in [-0.3, -0.25) is 14.0 Å². The number of fused-ring (bicyclic) bond motifs is 1. The minimum absolute atomic E-state index is 0.0473. The highest BCUT2D eigenvalue weighted by Crippen LogP contribution is 2.37. The quantitative estimate of drug-likeness (QED) is 0.338. The average Bonchev–Trinajstić information content (AvgIpc) is 3.65. The van der Waals surface area contributed by atoms with E-state index in [4.69, 9.17) is 9.47 Å². The number of hydrogen-bond donors (Lipinski definition) is 0. The van der Waals surface area contributed by atoms with E-state index < -0.39 is 35.0 Å². The first kappa shape index (κ1) is 26.2. The van der Waals surface area contributed by atoms with Crippen LogP contribution in [0.1, 0.15) is 43.3 Å². The van der Waals surface area contributed by atoms with Crippen molar-refractivity contribution >= 4 is 17.0 Å². The minimum atomic E-state index is -4.94. The number of rotatable bonds is 5. The van der Waals surface area contributed by atoms with E-state index in [0.717, 1.165) is 31.5 Å². The van der Waals surface area contributed by atoms with Gasteiger partial charge in [0, 0.05) is 37.0 Å². The number of halogens is 4. The van der Waals surface area contributed by atoms with Crippen molar-refractivity contribution in [2.75, 3.05) is 25.1 Å². The Labute approximate surface area is 225 Å². The van der Waals surface area contributed by atoms with Gasteiger partial charge in [0.05, 0.1) is 32.0 Å². The molecule has 6 rings (SSSR count). The summed E-state index contributed by atoms with van der Waals surface area (Å²) >= 11 is 0. The molecule has 0 unspecified atom stereocenters. The number of methoxy groups -OCH3 is 1. The lowest BCUT2D eigenvalue weighted by Gasteiger charge is -2.36. The highest BCUT2D eigenvalue weighted by atomic mass is 19.4. The molecule has 1 saturated carbocycles. The zero-order valence-electron chi connectivity index (χ0n) is 21.8. The van der Waals surface area contributed by atoms with Crippen LogP contribution < -0.4 is 15.2 Å². The van der Waals surface area contributed by atoms with E-state index in [1.165, 1.54) is 19.2 Å². The maximum atomic E-state index is 15.2. The van der Waals surface area contributed by atoms with Gasteiger partial charge in [-0.25, -0.2) is 19.3 Å². The van der Waals surface area contributed by atoms with Crippen LogP contribution in [-0.2, 0) is 18.0 Å². The molecule has 1 aromatic carbocycles. The predicted molar refractivity (Wildman–Crippen MR) is 136 cm³/mol. The van der Waals surface area contributed by atoms with Gasteiger partial charge in [-0.15, -0.1) is 0 Å². The van der Waals surface area contributed by atoms with Crippen molar-refractivity contribution in [2.45, 2.75) is 44.2 Å². The monoisotopic (exact) mass is 559 g/mol. The molecule has 210 valence electrons. The first-order valence-corrected chi connectivity index (χ1v) is 12.7. The van der Waals surface area contributed by atoms with Crippen molar-refractivity contribution in [1.29, 1.82) is 0 Å². The number of alkyl halides is 3. The second-order valence-electron chi connectivity index (χ2n) is 10.0.